The number of rotatable bonds is 6. The third-order valence-electron chi connectivity index (χ3n) is 4.19. The van der Waals surface area contributed by atoms with E-state index in [1.807, 2.05) is 0 Å². The van der Waals surface area contributed by atoms with Crippen LogP contribution in [0.2, 0.25) is 0 Å². The third-order valence-corrected chi connectivity index (χ3v) is 4.19. The Morgan fingerprint density at radius 3 is 2.15 bits per heavy atom. The molecule has 0 aliphatic carbocycles. The molecule has 146 valence electrons. The zero-order valence-corrected chi connectivity index (χ0v) is 15.1. The Hall–Kier alpha value is -3.17. The molecule has 2 rings (SSSR count). The smallest absolute Gasteiger partial charge is 0.404 e. The number of carboxylic acid groups (broad SMARTS) is 1. The number of carbonyl (C=O) groups excluding carboxylic acids is 2. The fraction of sp³-hybridized carbons (Fsp3) is 0.471. The van der Waals surface area contributed by atoms with Crippen molar-refractivity contribution in [3.63, 3.8) is 0 Å². The van der Waals surface area contributed by atoms with E-state index in [1.54, 1.807) is 0 Å². The summed E-state index contributed by atoms with van der Waals surface area (Å²) in [5, 5.41) is 22.1. The summed E-state index contributed by atoms with van der Waals surface area (Å²) in [4.78, 5) is 46.0. The Labute approximate surface area is 154 Å². The number of nitrogens with zero attached hydrogens (tertiary/aromatic N) is 1. The number of benzene rings is 1. The van der Waals surface area contributed by atoms with Gasteiger partial charge in [-0.05, 0) is 25.3 Å². The molecule has 1 aromatic carbocycles. The second-order valence-corrected chi connectivity index (χ2v) is 6.99. The van der Waals surface area contributed by atoms with Gasteiger partial charge in [0, 0.05) is 32.0 Å². The molecule has 1 aliphatic rings. The maximum Gasteiger partial charge on any atom is 0.404 e. The standard InChI is InChI=1S/C17H20N2O8/c1-16(2)26-13(20)17(3,14(21)27-16)9-11(18-15(22)23)8-10-4-6-12(7-5-10)19(24)25/h4-7,11,18H,8-9H2,1-3H3,(H,22,23). The van der Waals surface area contributed by atoms with Crippen LogP contribution < -0.4 is 5.32 Å². The van der Waals surface area contributed by atoms with Gasteiger partial charge in [0.15, 0.2) is 5.41 Å². The first-order valence-corrected chi connectivity index (χ1v) is 8.12. The van der Waals surface area contributed by atoms with Gasteiger partial charge in [-0.1, -0.05) is 12.1 Å². The van der Waals surface area contributed by atoms with Crippen LogP contribution in [0.15, 0.2) is 24.3 Å². The SMILES string of the molecule is CC1(C)OC(=O)C(C)(CC(Cc2ccc([N+](=O)[O-])cc2)NC(=O)O)C(=O)O1. The van der Waals surface area contributed by atoms with Gasteiger partial charge >= 0.3 is 18.0 Å². The van der Waals surface area contributed by atoms with Crippen molar-refractivity contribution in [2.75, 3.05) is 0 Å². The van der Waals surface area contributed by atoms with E-state index in [0.29, 0.717) is 5.56 Å². The molecule has 1 saturated heterocycles. The van der Waals surface area contributed by atoms with Crippen LogP contribution in [0.5, 0.6) is 0 Å². The van der Waals surface area contributed by atoms with Gasteiger partial charge in [-0.2, -0.15) is 0 Å². The number of amides is 1. The van der Waals surface area contributed by atoms with Crippen LogP contribution in [0.4, 0.5) is 10.5 Å². The number of non-ortho nitro benzene ring substituents is 1. The zero-order valence-electron chi connectivity index (χ0n) is 15.1. The highest BCUT2D eigenvalue weighted by Crippen LogP contribution is 2.36. The van der Waals surface area contributed by atoms with Crippen molar-refractivity contribution in [3.05, 3.63) is 39.9 Å². The molecule has 1 fully saturated rings. The topological polar surface area (TPSA) is 145 Å². The molecule has 1 unspecified atom stereocenters. The number of esters is 2. The predicted octanol–water partition coefficient (Wildman–Crippen LogP) is 2.01. The van der Waals surface area contributed by atoms with Crippen molar-refractivity contribution in [2.45, 2.75) is 45.4 Å². The molecule has 2 N–H and O–H groups in total. The lowest BCUT2D eigenvalue weighted by molar-refractivity contribution is -0.384. The molecule has 1 atom stereocenters. The highest BCUT2D eigenvalue weighted by molar-refractivity contribution is 6.01. The van der Waals surface area contributed by atoms with Crippen LogP contribution in [-0.4, -0.2) is 39.9 Å². The molecule has 0 aromatic heterocycles. The summed E-state index contributed by atoms with van der Waals surface area (Å²) in [5.74, 6) is -2.99. The van der Waals surface area contributed by atoms with Crippen LogP contribution in [0.3, 0.4) is 0 Å². The third kappa shape index (κ3) is 4.72. The molecular formula is C17H20N2O8. The van der Waals surface area contributed by atoms with Crippen molar-refractivity contribution in [2.24, 2.45) is 5.41 Å². The van der Waals surface area contributed by atoms with Crippen LogP contribution in [0.1, 0.15) is 32.8 Å². The molecule has 0 radical (unpaired) electrons. The molecule has 1 heterocycles. The highest BCUT2D eigenvalue weighted by atomic mass is 16.7. The second kappa shape index (κ2) is 7.22. The lowest BCUT2D eigenvalue weighted by Crippen LogP contribution is -2.55. The first-order valence-electron chi connectivity index (χ1n) is 8.12. The van der Waals surface area contributed by atoms with Crippen molar-refractivity contribution in [1.82, 2.24) is 5.32 Å². The summed E-state index contributed by atoms with van der Waals surface area (Å²) in [7, 11) is 0. The van der Waals surface area contributed by atoms with Gasteiger partial charge in [0.2, 0.25) is 0 Å². The Balaban J connectivity index is 2.21. The summed E-state index contributed by atoms with van der Waals surface area (Å²) in [5.41, 5.74) is -1.18. The number of hydrogen-bond donors (Lipinski definition) is 2. The van der Waals surface area contributed by atoms with Gasteiger partial charge in [0.25, 0.3) is 11.5 Å². The van der Waals surface area contributed by atoms with Gasteiger partial charge in [-0.3, -0.25) is 19.7 Å². The van der Waals surface area contributed by atoms with E-state index in [2.05, 4.69) is 5.32 Å². The van der Waals surface area contributed by atoms with Crippen LogP contribution >= 0.6 is 0 Å². The molecule has 1 aromatic rings. The minimum atomic E-state index is -1.68. The molecule has 0 saturated carbocycles. The maximum absolute atomic E-state index is 12.4. The number of ether oxygens (including phenoxy) is 2. The van der Waals surface area contributed by atoms with E-state index in [-0.39, 0.29) is 18.5 Å². The lowest BCUT2D eigenvalue weighted by Gasteiger charge is -2.39. The summed E-state index contributed by atoms with van der Waals surface area (Å²) in [6.07, 6.45) is -1.41. The Morgan fingerprint density at radius 2 is 1.70 bits per heavy atom. The number of nitro benzene ring substituents is 1. The van der Waals surface area contributed by atoms with Crippen LogP contribution in [0, 0.1) is 15.5 Å². The Bertz CT molecular complexity index is 752. The van der Waals surface area contributed by atoms with E-state index in [9.17, 15) is 24.5 Å². The number of nitro groups is 1. The van der Waals surface area contributed by atoms with Crippen molar-refractivity contribution >= 4 is 23.7 Å². The largest absolute Gasteiger partial charge is 0.465 e. The minimum absolute atomic E-state index is 0.102. The second-order valence-electron chi connectivity index (χ2n) is 6.99. The first kappa shape index (κ1) is 20.1. The number of hydrogen-bond acceptors (Lipinski definition) is 7. The van der Waals surface area contributed by atoms with Gasteiger partial charge in [-0.25, -0.2) is 4.79 Å². The predicted molar refractivity (Wildman–Crippen MR) is 90.7 cm³/mol. The highest BCUT2D eigenvalue weighted by Gasteiger charge is 2.53. The normalized spacial score (nSPS) is 18.8. The molecular weight excluding hydrogens is 360 g/mol. The quantitative estimate of drug-likeness (QED) is 0.330. The zero-order chi connectivity index (χ0) is 20.4. The summed E-state index contributed by atoms with van der Waals surface area (Å²) >= 11 is 0. The molecule has 0 spiro atoms. The van der Waals surface area contributed by atoms with Gasteiger partial charge in [0.1, 0.15) is 0 Å². The van der Waals surface area contributed by atoms with Crippen molar-refractivity contribution in [1.29, 1.82) is 0 Å². The average molecular weight is 380 g/mol. The first-order chi connectivity index (χ1) is 12.4. The van der Waals surface area contributed by atoms with E-state index >= 15 is 0 Å². The summed E-state index contributed by atoms with van der Waals surface area (Å²) < 4.78 is 10.3. The lowest BCUT2D eigenvalue weighted by atomic mass is 9.81. The van der Waals surface area contributed by atoms with E-state index in [0.717, 1.165) is 0 Å². The number of nitrogens with one attached hydrogen (secondary N) is 1. The molecule has 27 heavy (non-hydrogen) atoms. The van der Waals surface area contributed by atoms with Crippen molar-refractivity contribution < 1.29 is 33.9 Å². The van der Waals surface area contributed by atoms with Crippen molar-refractivity contribution in [3.8, 4) is 0 Å². The van der Waals surface area contributed by atoms with Gasteiger partial charge in [0.05, 0.1) is 4.92 Å². The van der Waals surface area contributed by atoms with Gasteiger partial charge < -0.3 is 19.9 Å². The molecule has 10 nitrogen and oxygen atoms in total. The van der Waals surface area contributed by atoms with E-state index < -0.39 is 40.2 Å². The average Bonchev–Trinajstić information content (AvgIpc) is 2.52. The molecule has 0 bridgehead atoms. The monoisotopic (exact) mass is 380 g/mol. The Kier molecular flexibility index (Phi) is 5.38. The minimum Gasteiger partial charge on any atom is -0.465 e. The van der Waals surface area contributed by atoms with Crippen LogP contribution in [0.25, 0.3) is 0 Å². The molecule has 10 heteroatoms. The summed E-state index contributed by atoms with van der Waals surface area (Å²) in [6.45, 7) is 4.18. The fourth-order valence-electron chi connectivity index (χ4n) is 2.82. The van der Waals surface area contributed by atoms with Crippen LogP contribution in [-0.2, 0) is 25.5 Å². The summed E-state index contributed by atoms with van der Waals surface area (Å²) in [6, 6.07) is 4.73. The Morgan fingerprint density at radius 1 is 1.19 bits per heavy atom. The van der Waals surface area contributed by atoms with E-state index in [4.69, 9.17) is 14.6 Å². The van der Waals surface area contributed by atoms with Gasteiger partial charge in [-0.15, -0.1) is 0 Å². The number of carbonyl (C=O) groups is 3. The number of cyclic esters (lactones) is 2. The maximum atomic E-state index is 12.4. The molecule has 1 aliphatic heterocycles. The molecule has 1 amide bonds. The van der Waals surface area contributed by atoms with E-state index in [1.165, 1.54) is 45.0 Å². The fourth-order valence-corrected chi connectivity index (χ4v) is 2.82.